The van der Waals surface area contributed by atoms with Gasteiger partial charge in [0.25, 0.3) is 0 Å². The maximum Gasteiger partial charge on any atom is 0.102 e. The molecule has 0 N–H and O–H groups in total. The highest BCUT2D eigenvalue weighted by Gasteiger charge is 2.24. The third-order valence-corrected chi connectivity index (χ3v) is 4.94. The minimum Gasteiger partial charge on any atom is -0.359 e. The lowest BCUT2D eigenvalue weighted by Gasteiger charge is -2.30. The van der Waals surface area contributed by atoms with E-state index in [2.05, 4.69) is 79.3 Å². The van der Waals surface area contributed by atoms with E-state index >= 15 is 0 Å². The van der Waals surface area contributed by atoms with Crippen molar-refractivity contribution in [1.82, 2.24) is 9.88 Å². The number of anilines is 1. The lowest BCUT2D eigenvalue weighted by atomic mass is 9.96. The van der Waals surface area contributed by atoms with Gasteiger partial charge in [-0.05, 0) is 38.0 Å². The topological polar surface area (TPSA) is 19.4 Å². The van der Waals surface area contributed by atoms with E-state index in [-0.39, 0.29) is 0 Å². The standard InChI is InChI=1S/C20H21N3/c1-13-12-14(2)20(23-11-10-22(4)15(23)3)17-8-7-16-6-5-9-21-19(16)18(13)17/h5-12,15H,1-4H3/t15-/m0/s1. The number of rotatable bonds is 1. The van der Waals surface area contributed by atoms with Gasteiger partial charge >= 0.3 is 0 Å². The van der Waals surface area contributed by atoms with E-state index in [1.54, 1.807) is 0 Å². The van der Waals surface area contributed by atoms with Crippen molar-refractivity contribution in [2.75, 3.05) is 11.9 Å². The number of hydrogen-bond acceptors (Lipinski definition) is 3. The van der Waals surface area contributed by atoms with Crippen molar-refractivity contribution < 1.29 is 0 Å². The maximum absolute atomic E-state index is 4.65. The molecule has 23 heavy (non-hydrogen) atoms. The Kier molecular flexibility index (Phi) is 3.05. The molecule has 3 nitrogen and oxygen atoms in total. The molecule has 0 saturated carbocycles. The second-order valence-corrected chi connectivity index (χ2v) is 6.42. The first-order valence-corrected chi connectivity index (χ1v) is 8.04. The van der Waals surface area contributed by atoms with E-state index < -0.39 is 0 Å². The number of aryl methyl sites for hydroxylation is 2. The molecule has 3 heteroatoms. The number of aromatic nitrogens is 1. The van der Waals surface area contributed by atoms with Crippen molar-refractivity contribution in [3.63, 3.8) is 0 Å². The Morgan fingerprint density at radius 3 is 2.61 bits per heavy atom. The fourth-order valence-electron chi connectivity index (χ4n) is 3.65. The van der Waals surface area contributed by atoms with Crippen LogP contribution in [0.3, 0.4) is 0 Å². The summed E-state index contributed by atoms with van der Waals surface area (Å²) in [6.45, 7) is 6.61. The third kappa shape index (κ3) is 2.00. The SMILES string of the molecule is Cc1cc(C)c2c(ccc3cccnc32)c1N1C=CN(C)[C@@H]1C. The average molecular weight is 303 g/mol. The van der Waals surface area contributed by atoms with Gasteiger partial charge in [0, 0.05) is 41.8 Å². The molecule has 1 atom stereocenters. The molecular formula is C20H21N3. The molecule has 0 radical (unpaired) electrons. The predicted molar refractivity (Wildman–Crippen MR) is 97.6 cm³/mol. The van der Waals surface area contributed by atoms with E-state index in [0.717, 1.165) is 5.52 Å². The smallest absolute Gasteiger partial charge is 0.102 e. The van der Waals surface area contributed by atoms with Gasteiger partial charge in [-0.2, -0.15) is 0 Å². The van der Waals surface area contributed by atoms with E-state index in [4.69, 9.17) is 0 Å². The number of fused-ring (bicyclic) bond motifs is 3. The van der Waals surface area contributed by atoms with E-state index in [0.29, 0.717) is 6.17 Å². The largest absolute Gasteiger partial charge is 0.359 e. The van der Waals surface area contributed by atoms with Crippen molar-refractivity contribution in [3.8, 4) is 0 Å². The minimum absolute atomic E-state index is 0.319. The summed E-state index contributed by atoms with van der Waals surface area (Å²) in [5.74, 6) is 0. The molecule has 1 aliphatic heterocycles. The summed E-state index contributed by atoms with van der Waals surface area (Å²) in [5.41, 5.74) is 4.96. The Morgan fingerprint density at radius 2 is 1.87 bits per heavy atom. The second kappa shape index (κ2) is 4.98. The van der Waals surface area contributed by atoms with E-state index in [1.807, 2.05) is 12.3 Å². The van der Waals surface area contributed by atoms with Crippen molar-refractivity contribution in [1.29, 1.82) is 0 Å². The second-order valence-electron chi connectivity index (χ2n) is 6.42. The number of benzene rings is 2. The van der Waals surface area contributed by atoms with Gasteiger partial charge in [0.05, 0.1) is 11.2 Å². The Hall–Kier alpha value is -2.55. The van der Waals surface area contributed by atoms with Gasteiger partial charge in [-0.25, -0.2) is 0 Å². The van der Waals surface area contributed by atoms with Crippen LogP contribution < -0.4 is 4.90 Å². The Balaban J connectivity index is 2.09. The van der Waals surface area contributed by atoms with Gasteiger partial charge in [-0.1, -0.05) is 24.3 Å². The highest BCUT2D eigenvalue weighted by Crippen LogP contribution is 2.38. The summed E-state index contributed by atoms with van der Waals surface area (Å²) in [4.78, 5) is 9.23. The van der Waals surface area contributed by atoms with Crippen LogP contribution in [0.2, 0.25) is 0 Å². The molecule has 4 rings (SSSR count). The van der Waals surface area contributed by atoms with Crippen LogP contribution in [0.4, 0.5) is 5.69 Å². The molecule has 1 aromatic heterocycles. The van der Waals surface area contributed by atoms with Gasteiger partial charge in [0.1, 0.15) is 6.17 Å². The maximum atomic E-state index is 4.65. The molecule has 1 aliphatic rings. The van der Waals surface area contributed by atoms with Crippen LogP contribution in [0.15, 0.2) is 48.9 Å². The first kappa shape index (κ1) is 14.1. The fourth-order valence-corrected chi connectivity index (χ4v) is 3.65. The third-order valence-electron chi connectivity index (χ3n) is 4.94. The molecule has 3 aromatic rings. The van der Waals surface area contributed by atoms with Crippen molar-refractivity contribution in [2.24, 2.45) is 0 Å². The highest BCUT2D eigenvalue weighted by molar-refractivity contribution is 6.12. The average Bonchev–Trinajstić information content (AvgIpc) is 2.86. The van der Waals surface area contributed by atoms with Crippen molar-refractivity contribution >= 4 is 27.4 Å². The molecule has 0 saturated heterocycles. The number of pyridine rings is 1. The summed E-state index contributed by atoms with van der Waals surface area (Å²) in [7, 11) is 2.11. The molecule has 2 aromatic carbocycles. The van der Waals surface area contributed by atoms with Crippen LogP contribution in [0.25, 0.3) is 21.7 Å². The van der Waals surface area contributed by atoms with Gasteiger partial charge in [0.15, 0.2) is 0 Å². The van der Waals surface area contributed by atoms with Crippen LogP contribution in [0.5, 0.6) is 0 Å². The van der Waals surface area contributed by atoms with E-state index in [9.17, 15) is 0 Å². The number of hydrogen-bond donors (Lipinski definition) is 0. The van der Waals surface area contributed by atoms with Crippen LogP contribution in [0, 0.1) is 13.8 Å². The molecule has 0 unspecified atom stereocenters. The summed E-state index contributed by atoms with van der Waals surface area (Å²) in [6, 6.07) is 10.8. The van der Waals surface area contributed by atoms with Crippen molar-refractivity contribution in [3.05, 3.63) is 60.1 Å². The normalized spacial score (nSPS) is 17.7. The lowest BCUT2D eigenvalue weighted by Crippen LogP contribution is -2.33. The molecule has 0 amide bonds. The zero-order chi connectivity index (χ0) is 16.1. The monoisotopic (exact) mass is 303 g/mol. The summed E-state index contributed by atoms with van der Waals surface area (Å²) in [6.07, 6.45) is 6.51. The highest BCUT2D eigenvalue weighted by atomic mass is 15.4. The molecule has 0 aliphatic carbocycles. The summed E-state index contributed by atoms with van der Waals surface area (Å²) in [5, 5.41) is 3.74. The minimum atomic E-state index is 0.319. The summed E-state index contributed by atoms with van der Waals surface area (Å²) < 4.78 is 0. The first-order valence-electron chi connectivity index (χ1n) is 8.04. The van der Waals surface area contributed by atoms with Gasteiger partial charge in [-0.3, -0.25) is 4.98 Å². The quantitative estimate of drug-likeness (QED) is 0.614. The van der Waals surface area contributed by atoms with Crippen molar-refractivity contribution in [2.45, 2.75) is 26.9 Å². The Bertz CT molecular complexity index is 942. The van der Waals surface area contributed by atoms with E-state index in [1.165, 1.54) is 33.0 Å². The first-order chi connectivity index (χ1) is 11.1. The van der Waals surface area contributed by atoms with Crippen LogP contribution >= 0.6 is 0 Å². The molecular weight excluding hydrogens is 282 g/mol. The van der Waals surface area contributed by atoms with Gasteiger partial charge in [0.2, 0.25) is 0 Å². The van der Waals surface area contributed by atoms with Crippen LogP contribution in [-0.4, -0.2) is 23.1 Å². The summed E-state index contributed by atoms with van der Waals surface area (Å²) >= 11 is 0. The van der Waals surface area contributed by atoms with Crippen LogP contribution in [0.1, 0.15) is 18.1 Å². The molecule has 0 fully saturated rings. The predicted octanol–water partition coefficient (Wildman–Crippen LogP) is 4.57. The molecule has 0 spiro atoms. The zero-order valence-corrected chi connectivity index (χ0v) is 14.0. The van der Waals surface area contributed by atoms with Gasteiger partial charge in [-0.15, -0.1) is 0 Å². The fraction of sp³-hybridized carbons (Fsp3) is 0.250. The Morgan fingerprint density at radius 1 is 1.04 bits per heavy atom. The van der Waals surface area contributed by atoms with Gasteiger partial charge < -0.3 is 9.80 Å². The molecule has 116 valence electrons. The Labute approximate surface area is 136 Å². The van der Waals surface area contributed by atoms with Crippen LogP contribution in [-0.2, 0) is 0 Å². The lowest BCUT2D eigenvalue weighted by molar-refractivity contribution is 0.383. The molecule has 2 heterocycles. The zero-order valence-electron chi connectivity index (χ0n) is 14.0. The molecule has 0 bridgehead atoms. The number of nitrogens with zero attached hydrogens (tertiary/aromatic N) is 3.